The van der Waals surface area contributed by atoms with E-state index in [2.05, 4.69) is 66.3 Å². The van der Waals surface area contributed by atoms with E-state index in [4.69, 9.17) is 0 Å². The van der Waals surface area contributed by atoms with Crippen LogP contribution in [0, 0.1) is 11.3 Å². The van der Waals surface area contributed by atoms with E-state index in [1.165, 1.54) is 18.5 Å². The molecule has 1 aliphatic carbocycles. The van der Waals surface area contributed by atoms with Crippen molar-refractivity contribution in [3.8, 4) is 0 Å². The fourth-order valence-corrected chi connectivity index (χ4v) is 3.26. The first-order valence-corrected chi connectivity index (χ1v) is 6.78. The Labute approximate surface area is 107 Å². The first-order valence-electron chi connectivity index (χ1n) is 5.99. The summed E-state index contributed by atoms with van der Waals surface area (Å²) >= 11 is 3.59. The highest BCUT2D eigenvalue weighted by atomic mass is 79.9. The Morgan fingerprint density at radius 2 is 1.94 bits per heavy atom. The number of rotatable bonds is 2. The van der Waals surface area contributed by atoms with Crippen molar-refractivity contribution in [3.05, 3.63) is 28.7 Å². The minimum Gasteiger partial charge on any atom is -0.381 e. The number of hydrogen-bond acceptors (Lipinski definition) is 1. The Hall–Kier alpha value is -0.500. The molecule has 0 radical (unpaired) electrons. The summed E-state index contributed by atoms with van der Waals surface area (Å²) in [4.78, 5) is 0. The van der Waals surface area contributed by atoms with Gasteiger partial charge in [0, 0.05) is 16.2 Å². The van der Waals surface area contributed by atoms with E-state index in [-0.39, 0.29) is 0 Å². The van der Waals surface area contributed by atoms with Gasteiger partial charge in [0.05, 0.1) is 0 Å². The molecule has 0 bridgehead atoms. The van der Waals surface area contributed by atoms with Crippen LogP contribution in [0.5, 0.6) is 0 Å². The van der Waals surface area contributed by atoms with E-state index in [0.717, 1.165) is 10.4 Å². The molecular formula is C14H20BrN. The number of halogens is 1. The Bertz CT molecular complexity index is 373. The maximum absolute atomic E-state index is 3.67. The number of nitrogens with one attached hydrogen (secondary N) is 1. The van der Waals surface area contributed by atoms with Crippen LogP contribution in [0.15, 0.2) is 28.7 Å². The molecule has 1 N–H and O–H groups in total. The van der Waals surface area contributed by atoms with Gasteiger partial charge in [0.2, 0.25) is 0 Å². The Kier molecular flexibility index (Phi) is 3.29. The molecule has 0 amide bonds. The first kappa shape index (κ1) is 12.0. The third-order valence-corrected chi connectivity index (χ3v) is 4.24. The molecule has 0 aromatic heterocycles. The van der Waals surface area contributed by atoms with Crippen LogP contribution in [0.4, 0.5) is 5.69 Å². The van der Waals surface area contributed by atoms with E-state index < -0.39 is 0 Å². The zero-order chi connectivity index (χ0) is 11.8. The second-order valence-electron chi connectivity index (χ2n) is 5.78. The molecule has 0 heterocycles. The molecule has 88 valence electrons. The number of benzene rings is 1. The molecule has 1 nitrogen and oxygen atoms in total. The SMILES string of the molecule is CC1CC(C)(C)CC1Nc1ccccc1Br. The van der Waals surface area contributed by atoms with Crippen LogP contribution < -0.4 is 5.32 Å². The molecule has 0 aliphatic heterocycles. The molecule has 16 heavy (non-hydrogen) atoms. The average Bonchev–Trinajstić information content (AvgIpc) is 2.44. The summed E-state index contributed by atoms with van der Waals surface area (Å²) < 4.78 is 1.16. The van der Waals surface area contributed by atoms with Crippen LogP contribution >= 0.6 is 15.9 Å². The lowest BCUT2D eigenvalue weighted by Gasteiger charge is -2.20. The van der Waals surface area contributed by atoms with Crippen molar-refractivity contribution in [2.75, 3.05) is 5.32 Å². The largest absolute Gasteiger partial charge is 0.381 e. The van der Waals surface area contributed by atoms with Crippen LogP contribution in [0.3, 0.4) is 0 Å². The van der Waals surface area contributed by atoms with E-state index in [1.807, 2.05) is 0 Å². The van der Waals surface area contributed by atoms with Crippen LogP contribution in [0.1, 0.15) is 33.6 Å². The lowest BCUT2D eigenvalue weighted by atomic mass is 9.91. The van der Waals surface area contributed by atoms with Gasteiger partial charge in [-0.3, -0.25) is 0 Å². The van der Waals surface area contributed by atoms with Crippen molar-refractivity contribution < 1.29 is 0 Å². The zero-order valence-electron chi connectivity index (χ0n) is 10.3. The lowest BCUT2D eigenvalue weighted by molar-refractivity contribution is 0.366. The normalized spacial score (nSPS) is 28.0. The van der Waals surface area contributed by atoms with Gasteiger partial charge in [0.25, 0.3) is 0 Å². The van der Waals surface area contributed by atoms with Gasteiger partial charge in [-0.05, 0) is 52.2 Å². The van der Waals surface area contributed by atoms with Crippen molar-refractivity contribution in [1.29, 1.82) is 0 Å². The monoisotopic (exact) mass is 281 g/mol. The highest BCUT2D eigenvalue weighted by Crippen LogP contribution is 2.42. The van der Waals surface area contributed by atoms with Crippen LogP contribution in [0.2, 0.25) is 0 Å². The smallest absolute Gasteiger partial charge is 0.0486 e. The van der Waals surface area contributed by atoms with Crippen LogP contribution in [-0.2, 0) is 0 Å². The van der Waals surface area contributed by atoms with Gasteiger partial charge in [0.15, 0.2) is 0 Å². The van der Waals surface area contributed by atoms with Gasteiger partial charge < -0.3 is 5.32 Å². The minimum absolute atomic E-state index is 0.484. The van der Waals surface area contributed by atoms with Crippen molar-refractivity contribution in [1.82, 2.24) is 0 Å². The average molecular weight is 282 g/mol. The fraction of sp³-hybridized carbons (Fsp3) is 0.571. The quantitative estimate of drug-likeness (QED) is 0.830. The second-order valence-corrected chi connectivity index (χ2v) is 6.63. The van der Waals surface area contributed by atoms with E-state index in [1.54, 1.807) is 0 Å². The highest BCUT2D eigenvalue weighted by molar-refractivity contribution is 9.10. The molecule has 1 aromatic carbocycles. The minimum atomic E-state index is 0.484. The number of hydrogen-bond donors (Lipinski definition) is 1. The summed E-state index contributed by atoms with van der Waals surface area (Å²) in [6.45, 7) is 7.08. The summed E-state index contributed by atoms with van der Waals surface area (Å²) in [6.07, 6.45) is 2.57. The van der Waals surface area contributed by atoms with E-state index in [0.29, 0.717) is 11.5 Å². The van der Waals surface area contributed by atoms with E-state index in [9.17, 15) is 0 Å². The molecule has 1 aliphatic rings. The summed E-state index contributed by atoms with van der Waals surface area (Å²) in [5.74, 6) is 0.752. The van der Waals surface area contributed by atoms with Crippen molar-refractivity contribution >= 4 is 21.6 Å². The molecule has 1 fully saturated rings. The molecule has 0 saturated heterocycles. The fourth-order valence-electron chi connectivity index (χ4n) is 2.87. The topological polar surface area (TPSA) is 12.0 Å². The predicted molar refractivity (Wildman–Crippen MR) is 73.7 cm³/mol. The Morgan fingerprint density at radius 1 is 1.25 bits per heavy atom. The lowest BCUT2D eigenvalue weighted by Crippen LogP contribution is -2.22. The predicted octanol–water partition coefficient (Wildman–Crippen LogP) is 4.69. The van der Waals surface area contributed by atoms with Gasteiger partial charge in [-0.1, -0.05) is 32.9 Å². The van der Waals surface area contributed by atoms with Gasteiger partial charge in [0.1, 0.15) is 0 Å². The van der Waals surface area contributed by atoms with Crippen LogP contribution in [-0.4, -0.2) is 6.04 Å². The van der Waals surface area contributed by atoms with Crippen LogP contribution in [0.25, 0.3) is 0 Å². The molecule has 2 rings (SSSR count). The molecule has 2 unspecified atom stereocenters. The number of para-hydroxylation sites is 1. The van der Waals surface area contributed by atoms with E-state index >= 15 is 0 Å². The molecule has 2 atom stereocenters. The Balaban J connectivity index is 2.09. The maximum atomic E-state index is 3.67. The van der Waals surface area contributed by atoms with Crippen molar-refractivity contribution in [2.24, 2.45) is 11.3 Å². The third-order valence-electron chi connectivity index (χ3n) is 3.55. The van der Waals surface area contributed by atoms with Gasteiger partial charge >= 0.3 is 0 Å². The maximum Gasteiger partial charge on any atom is 0.0486 e. The molecule has 0 spiro atoms. The van der Waals surface area contributed by atoms with Gasteiger partial charge in [-0.15, -0.1) is 0 Å². The summed E-state index contributed by atoms with van der Waals surface area (Å²) in [5.41, 5.74) is 1.70. The number of anilines is 1. The molecule has 2 heteroatoms. The summed E-state index contributed by atoms with van der Waals surface area (Å²) in [7, 11) is 0. The first-order chi connectivity index (χ1) is 7.48. The van der Waals surface area contributed by atoms with Gasteiger partial charge in [-0.25, -0.2) is 0 Å². The Morgan fingerprint density at radius 3 is 2.50 bits per heavy atom. The molecular weight excluding hydrogens is 262 g/mol. The van der Waals surface area contributed by atoms with Gasteiger partial charge in [-0.2, -0.15) is 0 Å². The van der Waals surface area contributed by atoms with Crippen molar-refractivity contribution in [2.45, 2.75) is 39.7 Å². The second kappa shape index (κ2) is 4.40. The molecule has 1 aromatic rings. The van der Waals surface area contributed by atoms with Crippen molar-refractivity contribution in [3.63, 3.8) is 0 Å². The highest BCUT2D eigenvalue weighted by Gasteiger charge is 2.36. The summed E-state index contributed by atoms with van der Waals surface area (Å²) in [6, 6.07) is 8.97. The standard InChI is InChI=1S/C14H20BrN/c1-10-8-14(2,3)9-13(10)16-12-7-5-4-6-11(12)15/h4-7,10,13,16H,8-9H2,1-3H3. The summed E-state index contributed by atoms with van der Waals surface area (Å²) in [5, 5.41) is 3.67. The third kappa shape index (κ3) is 2.60. The molecule has 1 saturated carbocycles. The zero-order valence-corrected chi connectivity index (χ0v) is 11.8.